The number of hydrogen-bond donors (Lipinski definition) is 2. The third-order valence-corrected chi connectivity index (χ3v) is 3.78. The average Bonchev–Trinajstić information content (AvgIpc) is 2.36. The lowest BCUT2D eigenvalue weighted by Crippen LogP contribution is -2.16. The van der Waals surface area contributed by atoms with E-state index in [1.165, 1.54) is 12.1 Å². The first-order chi connectivity index (χ1) is 9.29. The summed E-state index contributed by atoms with van der Waals surface area (Å²) in [6, 6.07) is 4.76. The minimum atomic E-state index is -4.39. The minimum Gasteiger partial charge on any atom is -0.504 e. The molecule has 2 aromatic rings. The Labute approximate surface area is 114 Å². The highest BCUT2D eigenvalue weighted by molar-refractivity contribution is 7.92. The highest BCUT2D eigenvalue weighted by atomic mass is 32.2. The Balaban J connectivity index is 2.46. The van der Waals surface area contributed by atoms with Crippen LogP contribution in [-0.2, 0) is 10.0 Å². The van der Waals surface area contributed by atoms with Crippen LogP contribution < -0.4 is 4.72 Å². The number of benzene rings is 1. The monoisotopic (exact) mass is 300 g/mol. The summed E-state index contributed by atoms with van der Waals surface area (Å²) < 4.78 is 52.4. The van der Waals surface area contributed by atoms with Crippen molar-refractivity contribution in [2.75, 3.05) is 4.72 Å². The predicted molar refractivity (Wildman–Crippen MR) is 67.8 cm³/mol. The summed E-state index contributed by atoms with van der Waals surface area (Å²) >= 11 is 0. The van der Waals surface area contributed by atoms with Gasteiger partial charge >= 0.3 is 0 Å². The van der Waals surface area contributed by atoms with E-state index < -0.39 is 32.3 Å². The van der Waals surface area contributed by atoms with Crippen molar-refractivity contribution in [3.8, 4) is 5.75 Å². The number of halogens is 2. The molecule has 1 aromatic heterocycles. The number of pyridine rings is 1. The van der Waals surface area contributed by atoms with Crippen molar-refractivity contribution in [1.29, 1.82) is 0 Å². The molecule has 0 aliphatic rings. The standard InChI is InChI=1S/C12H10F2N2O3S/c1-7-2-5-10(17)12(15-7)16-20(18,19)11-6-8(13)3-4-9(11)14/h2-6,17H,1H3,(H,15,16). The zero-order valence-electron chi connectivity index (χ0n) is 10.3. The van der Waals surface area contributed by atoms with E-state index in [0.29, 0.717) is 17.8 Å². The molecule has 0 bridgehead atoms. The Morgan fingerprint density at radius 2 is 1.90 bits per heavy atom. The topological polar surface area (TPSA) is 79.3 Å². The molecule has 20 heavy (non-hydrogen) atoms. The number of aryl methyl sites for hydroxylation is 1. The number of sulfonamides is 1. The van der Waals surface area contributed by atoms with Gasteiger partial charge in [-0.25, -0.2) is 22.2 Å². The van der Waals surface area contributed by atoms with Crippen LogP contribution in [0.2, 0.25) is 0 Å². The third-order valence-electron chi connectivity index (χ3n) is 2.43. The number of rotatable bonds is 3. The first-order valence-corrected chi connectivity index (χ1v) is 6.92. The second kappa shape index (κ2) is 5.04. The molecule has 2 N–H and O–H groups in total. The number of nitrogens with zero attached hydrogens (tertiary/aromatic N) is 1. The molecule has 0 spiro atoms. The van der Waals surface area contributed by atoms with Gasteiger partial charge < -0.3 is 5.11 Å². The van der Waals surface area contributed by atoms with Crippen molar-refractivity contribution < 1.29 is 22.3 Å². The van der Waals surface area contributed by atoms with Crippen molar-refractivity contribution in [2.24, 2.45) is 0 Å². The van der Waals surface area contributed by atoms with Crippen LogP contribution in [0, 0.1) is 18.6 Å². The fourth-order valence-electron chi connectivity index (χ4n) is 1.49. The fraction of sp³-hybridized carbons (Fsp3) is 0.0833. The molecule has 0 aliphatic heterocycles. The molecule has 0 atom stereocenters. The fourth-order valence-corrected chi connectivity index (χ4v) is 2.60. The van der Waals surface area contributed by atoms with E-state index in [4.69, 9.17) is 0 Å². The molecule has 0 amide bonds. The molecule has 0 aliphatic carbocycles. The van der Waals surface area contributed by atoms with E-state index in [9.17, 15) is 22.3 Å². The molecular weight excluding hydrogens is 290 g/mol. The summed E-state index contributed by atoms with van der Waals surface area (Å²) in [7, 11) is -4.39. The second-order valence-corrected chi connectivity index (χ2v) is 5.65. The smallest absolute Gasteiger partial charge is 0.266 e. The van der Waals surface area contributed by atoms with Crippen molar-refractivity contribution in [3.05, 3.63) is 47.7 Å². The molecule has 0 radical (unpaired) electrons. The van der Waals surface area contributed by atoms with Crippen LogP contribution in [-0.4, -0.2) is 18.5 Å². The summed E-state index contributed by atoms with van der Waals surface area (Å²) in [5, 5.41) is 9.51. The first kappa shape index (κ1) is 14.2. The van der Waals surface area contributed by atoms with Gasteiger partial charge in [0.2, 0.25) is 0 Å². The van der Waals surface area contributed by atoms with Crippen molar-refractivity contribution in [1.82, 2.24) is 4.98 Å². The van der Waals surface area contributed by atoms with Gasteiger partial charge in [0.05, 0.1) is 0 Å². The van der Waals surface area contributed by atoms with Gasteiger partial charge in [-0.3, -0.25) is 4.72 Å². The number of aromatic hydroxyl groups is 1. The molecule has 5 nitrogen and oxygen atoms in total. The quantitative estimate of drug-likeness (QED) is 0.910. The molecule has 0 unspecified atom stereocenters. The Bertz CT molecular complexity index is 763. The SMILES string of the molecule is Cc1ccc(O)c(NS(=O)(=O)c2cc(F)ccc2F)n1. The molecule has 8 heteroatoms. The lowest BCUT2D eigenvalue weighted by atomic mass is 10.3. The highest BCUT2D eigenvalue weighted by Crippen LogP contribution is 2.25. The van der Waals surface area contributed by atoms with Crippen LogP contribution in [0.15, 0.2) is 35.2 Å². The van der Waals surface area contributed by atoms with E-state index in [2.05, 4.69) is 4.98 Å². The predicted octanol–water partition coefficient (Wildman–Crippen LogP) is 2.17. The lowest BCUT2D eigenvalue weighted by molar-refractivity contribution is 0.475. The first-order valence-electron chi connectivity index (χ1n) is 5.44. The lowest BCUT2D eigenvalue weighted by Gasteiger charge is -2.10. The maximum atomic E-state index is 13.5. The summed E-state index contributed by atoms with van der Waals surface area (Å²) in [6.07, 6.45) is 0. The molecule has 0 saturated carbocycles. The van der Waals surface area contributed by atoms with Crippen LogP contribution in [0.5, 0.6) is 5.75 Å². The van der Waals surface area contributed by atoms with E-state index in [-0.39, 0.29) is 5.82 Å². The van der Waals surface area contributed by atoms with E-state index >= 15 is 0 Å². The molecule has 0 saturated heterocycles. The van der Waals surface area contributed by atoms with E-state index in [1.807, 2.05) is 4.72 Å². The van der Waals surface area contributed by atoms with Gasteiger partial charge in [0.25, 0.3) is 10.0 Å². The Hall–Kier alpha value is -2.22. The zero-order chi connectivity index (χ0) is 14.9. The minimum absolute atomic E-state index is 0.353. The molecule has 2 rings (SSSR count). The van der Waals surface area contributed by atoms with Crippen molar-refractivity contribution in [2.45, 2.75) is 11.8 Å². The summed E-state index contributed by atoms with van der Waals surface area (Å²) in [4.78, 5) is 2.92. The molecular formula is C12H10F2N2O3S. The van der Waals surface area contributed by atoms with Gasteiger partial charge in [-0.15, -0.1) is 0 Å². The summed E-state index contributed by atoms with van der Waals surface area (Å²) in [5.74, 6) is -2.77. The Morgan fingerprint density at radius 3 is 2.60 bits per heavy atom. The zero-order valence-corrected chi connectivity index (χ0v) is 11.1. The molecule has 1 aromatic carbocycles. The molecule has 0 fully saturated rings. The Morgan fingerprint density at radius 1 is 1.20 bits per heavy atom. The van der Waals surface area contributed by atoms with Gasteiger partial charge in [-0.05, 0) is 37.3 Å². The van der Waals surface area contributed by atoms with Crippen molar-refractivity contribution >= 4 is 15.8 Å². The van der Waals surface area contributed by atoms with E-state index in [1.54, 1.807) is 6.92 Å². The van der Waals surface area contributed by atoms with Crippen LogP contribution in [0.3, 0.4) is 0 Å². The maximum absolute atomic E-state index is 13.5. The Kier molecular flexibility index (Phi) is 3.58. The van der Waals surface area contributed by atoms with Gasteiger partial charge in [0.15, 0.2) is 11.6 Å². The van der Waals surface area contributed by atoms with Gasteiger partial charge in [-0.1, -0.05) is 0 Å². The third kappa shape index (κ3) is 2.85. The van der Waals surface area contributed by atoms with Crippen molar-refractivity contribution in [3.63, 3.8) is 0 Å². The highest BCUT2D eigenvalue weighted by Gasteiger charge is 2.22. The van der Waals surface area contributed by atoms with Gasteiger partial charge in [0, 0.05) is 5.69 Å². The van der Waals surface area contributed by atoms with Crippen LogP contribution in [0.1, 0.15) is 5.69 Å². The van der Waals surface area contributed by atoms with Crippen LogP contribution in [0.25, 0.3) is 0 Å². The second-order valence-electron chi connectivity index (χ2n) is 4.00. The number of nitrogens with one attached hydrogen (secondary N) is 1. The molecule has 1 heterocycles. The maximum Gasteiger partial charge on any atom is 0.266 e. The largest absolute Gasteiger partial charge is 0.504 e. The number of aromatic nitrogens is 1. The van der Waals surface area contributed by atoms with Crippen LogP contribution in [0.4, 0.5) is 14.6 Å². The summed E-state index contributed by atoms with van der Waals surface area (Å²) in [6.45, 7) is 1.58. The number of anilines is 1. The van der Waals surface area contributed by atoms with Gasteiger partial charge in [-0.2, -0.15) is 0 Å². The number of hydrogen-bond acceptors (Lipinski definition) is 4. The van der Waals surface area contributed by atoms with Crippen LogP contribution >= 0.6 is 0 Å². The van der Waals surface area contributed by atoms with E-state index in [0.717, 1.165) is 6.07 Å². The normalized spacial score (nSPS) is 11.3. The molecule has 106 valence electrons. The summed E-state index contributed by atoms with van der Waals surface area (Å²) in [5.41, 5.74) is 0.445. The average molecular weight is 300 g/mol. The van der Waals surface area contributed by atoms with Gasteiger partial charge in [0.1, 0.15) is 16.5 Å².